The maximum absolute atomic E-state index is 11.6. The fourth-order valence-corrected chi connectivity index (χ4v) is 1.25. The molecular formula is C12H19N3O2. The Morgan fingerprint density at radius 1 is 1.53 bits per heavy atom. The normalized spacial score (nSPS) is 12.3. The van der Waals surface area contributed by atoms with Gasteiger partial charge in [0.15, 0.2) is 0 Å². The molecule has 0 aliphatic carbocycles. The Bertz CT molecular complexity index is 363. The lowest BCUT2D eigenvalue weighted by Gasteiger charge is -2.15. The van der Waals surface area contributed by atoms with Crippen molar-refractivity contribution in [1.82, 2.24) is 10.3 Å². The van der Waals surface area contributed by atoms with E-state index in [2.05, 4.69) is 10.3 Å². The predicted octanol–water partition coefficient (Wildman–Crippen LogP) is 0.690. The minimum atomic E-state index is -0.471. The number of nitrogens with zero attached hydrogens (tertiary/aromatic N) is 1. The first-order valence-electron chi connectivity index (χ1n) is 5.56. The van der Waals surface area contributed by atoms with Crippen LogP contribution in [0.5, 0.6) is 5.88 Å². The molecule has 0 saturated carbocycles. The van der Waals surface area contributed by atoms with E-state index >= 15 is 0 Å². The van der Waals surface area contributed by atoms with E-state index < -0.39 is 6.04 Å². The molecular weight excluding hydrogens is 218 g/mol. The van der Waals surface area contributed by atoms with Gasteiger partial charge in [0.05, 0.1) is 13.2 Å². The zero-order valence-corrected chi connectivity index (χ0v) is 10.4. The number of nitrogens with two attached hydrogens (primary N) is 1. The van der Waals surface area contributed by atoms with Crippen LogP contribution < -0.4 is 15.8 Å². The van der Waals surface area contributed by atoms with Crippen molar-refractivity contribution < 1.29 is 9.53 Å². The summed E-state index contributed by atoms with van der Waals surface area (Å²) in [5.74, 6) is 0.541. The van der Waals surface area contributed by atoms with Crippen LogP contribution in [0.3, 0.4) is 0 Å². The second-order valence-electron chi connectivity index (χ2n) is 4.20. The van der Waals surface area contributed by atoms with Gasteiger partial charge in [0.1, 0.15) is 0 Å². The van der Waals surface area contributed by atoms with Crippen molar-refractivity contribution in [1.29, 1.82) is 0 Å². The van der Waals surface area contributed by atoms with E-state index in [4.69, 9.17) is 10.5 Å². The van der Waals surface area contributed by atoms with Gasteiger partial charge < -0.3 is 15.8 Å². The van der Waals surface area contributed by atoms with Crippen molar-refractivity contribution in [2.75, 3.05) is 7.11 Å². The van der Waals surface area contributed by atoms with E-state index in [1.54, 1.807) is 19.4 Å². The number of pyridine rings is 1. The van der Waals surface area contributed by atoms with Gasteiger partial charge in [0.25, 0.3) is 0 Å². The minimum absolute atomic E-state index is 0.129. The van der Waals surface area contributed by atoms with Crippen molar-refractivity contribution >= 4 is 5.91 Å². The van der Waals surface area contributed by atoms with E-state index in [9.17, 15) is 4.79 Å². The standard InChI is InChI=1S/C12H19N3O2/c1-8(2)11(13)12(16)15-7-9-4-5-10(17-3)14-6-9/h4-6,8,11H,7,13H2,1-3H3,(H,15,16)/t11-/m0/s1. The Morgan fingerprint density at radius 2 is 2.24 bits per heavy atom. The minimum Gasteiger partial charge on any atom is -0.481 e. The summed E-state index contributed by atoms with van der Waals surface area (Å²) in [7, 11) is 1.56. The number of carbonyl (C=O) groups excluding carboxylic acids is 1. The second kappa shape index (κ2) is 6.20. The summed E-state index contributed by atoms with van der Waals surface area (Å²) in [5, 5.41) is 2.77. The smallest absolute Gasteiger partial charge is 0.237 e. The number of hydrogen-bond donors (Lipinski definition) is 2. The number of ether oxygens (including phenoxy) is 1. The summed E-state index contributed by atoms with van der Waals surface area (Å²) >= 11 is 0. The van der Waals surface area contributed by atoms with Crippen LogP contribution in [-0.4, -0.2) is 24.0 Å². The molecule has 1 heterocycles. The molecule has 0 saturated heterocycles. The highest BCUT2D eigenvalue weighted by molar-refractivity contribution is 5.81. The number of aromatic nitrogens is 1. The molecule has 0 spiro atoms. The fourth-order valence-electron chi connectivity index (χ4n) is 1.25. The Kier molecular flexibility index (Phi) is 4.90. The lowest BCUT2D eigenvalue weighted by molar-refractivity contribution is -0.123. The SMILES string of the molecule is COc1ccc(CNC(=O)[C@@H](N)C(C)C)cn1. The molecule has 5 nitrogen and oxygen atoms in total. The maximum Gasteiger partial charge on any atom is 0.237 e. The van der Waals surface area contributed by atoms with Crippen molar-refractivity contribution in [2.24, 2.45) is 11.7 Å². The number of carbonyl (C=O) groups is 1. The molecule has 0 aromatic carbocycles. The molecule has 94 valence electrons. The highest BCUT2D eigenvalue weighted by atomic mass is 16.5. The molecule has 1 amide bonds. The van der Waals surface area contributed by atoms with Gasteiger partial charge in [0.2, 0.25) is 11.8 Å². The third-order valence-corrected chi connectivity index (χ3v) is 2.49. The Labute approximate surface area is 101 Å². The molecule has 0 unspecified atom stereocenters. The van der Waals surface area contributed by atoms with Gasteiger partial charge in [-0.15, -0.1) is 0 Å². The Hall–Kier alpha value is -1.62. The number of rotatable bonds is 5. The molecule has 0 aliphatic rings. The summed E-state index contributed by atoms with van der Waals surface area (Å²) < 4.78 is 4.95. The Morgan fingerprint density at radius 3 is 2.71 bits per heavy atom. The fraction of sp³-hybridized carbons (Fsp3) is 0.500. The maximum atomic E-state index is 11.6. The summed E-state index contributed by atoms with van der Waals surface area (Å²) in [5.41, 5.74) is 6.63. The molecule has 3 N–H and O–H groups in total. The number of amides is 1. The first kappa shape index (κ1) is 13.4. The lowest BCUT2D eigenvalue weighted by Crippen LogP contribution is -2.43. The second-order valence-corrected chi connectivity index (χ2v) is 4.20. The number of nitrogens with one attached hydrogen (secondary N) is 1. The van der Waals surface area contributed by atoms with Gasteiger partial charge in [-0.3, -0.25) is 4.79 Å². The zero-order chi connectivity index (χ0) is 12.8. The summed E-state index contributed by atoms with van der Waals surface area (Å²) in [4.78, 5) is 15.7. The van der Waals surface area contributed by atoms with Crippen molar-refractivity contribution in [3.8, 4) is 5.88 Å². The van der Waals surface area contributed by atoms with Crippen LogP contribution in [0.25, 0.3) is 0 Å². The van der Waals surface area contributed by atoms with E-state index in [-0.39, 0.29) is 11.8 Å². The summed E-state index contributed by atoms with van der Waals surface area (Å²) in [6.07, 6.45) is 1.67. The van der Waals surface area contributed by atoms with Gasteiger partial charge in [-0.1, -0.05) is 19.9 Å². The van der Waals surface area contributed by atoms with Gasteiger partial charge >= 0.3 is 0 Å². The molecule has 17 heavy (non-hydrogen) atoms. The lowest BCUT2D eigenvalue weighted by atomic mass is 10.1. The van der Waals surface area contributed by atoms with E-state index in [1.165, 1.54) is 0 Å². The van der Waals surface area contributed by atoms with E-state index in [0.29, 0.717) is 12.4 Å². The molecule has 0 bridgehead atoms. The first-order chi connectivity index (χ1) is 8.04. The van der Waals surface area contributed by atoms with Gasteiger partial charge in [-0.25, -0.2) is 4.98 Å². The van der Waals surface area contributed by atoms with Crippen molar-refractivity contribution in [3.63, 3.8) is 0 Å². The molecule has 1 atom stereocenters. The van der Waals surface area contributed by atoms with Crippen LogP contribution in [0.15, 0.2) is 18.3 Å². The van der Waals surface area contributed by atoms with E-state index in [0.717, 1.165) is 5.56 Å². The molecule has 5 heteroatoms. The number of methoxy groups -OCH3 is 1. The summed E-state index contributed by atoms with van der Waals surface area (Å²) in [6.45, 7) is 4.26. The average Bonchev–Trinajstić information content (AvgIpc) is 2.35. The van der Waals surface area contributed by atoms with E-state index in [1.807, 2.05) is 19.9 Å². The number of hydrogen-bond acceptors (Lipinski definition) is 4. The third-order valence-electron chi connectivity index (χ3n) is 2.49. The molecule has 1 aromatic rings. The summed E-state index contributed by atoms with van der Waals surface area (Å²) in [6, 6.07) is 3.14. The largest absolute Gasteiger partial charge is 0.481 e. The van der Waals surface area contributed by atoms with Crippen molar-refractivity contribution in [2.45, 2.75) is 26.4 Å². The van der Waals surface area contributed by atoms with Gasteiger partial charge in [0, 0.05) is 18.8 Å². The highest BCUT2D eigenvalue weighted by Crippen LogP contribution is 2.06. The van der Waals surface area contributed by atoms with Crippen LogP contribution in [-0.2, 0) is 11.3 Å². The van der Waals surface area contributed by atoms with Crippen LogP contribution >= 0.6 is 0 Å². The van der Waals surface area contributed by atoms with Crippen LogP contribution in [0.2, 0.25) is 0 Å². The molecule has 0 radical (unpaired) electrons. The zero-order valence-electron chi connectivity index (χ0n) is 10.4. The Balaban J connectivity index is 2.47. The topological polar surface area (TPSA) is 77.2 Å². The molecule has 0 fully saturated rings. The monoisotopic (exact) mass is 237 g/mol. The van der Waals surface area contributed by atoms with Crippen LogP contribution in [0.4, 0.5) is 0 Å². The first-order valence-corrected chi connectivity index (χ1v) is 5.56. The van der Waals surface area contributed by atoms with Crippen LogP contribution in [0, 0.1) is 5.92 Å². The van der Waals surface area contributed by atoms with Gasteiger partial charge in [-0.2, -0.15) is 0 Å². The predicted molar refractivity (Wildman–Crippen MR) is 65.4 cm³/mol. The molecule has 1 aromatic heterocycles. The van der Waals surface area contributed by atoms with Crippen LogP contribution in [0.1, 0.15) is 19.4 Å². The highest BCUT2D eigenvalue weighted by Gasteiger charge is 2.16. The molecule has 1 rings (SSSR count). The molecule has 0 aliphatic heterocycles. The van der Waals surface area contributed by atoms with Crippen molar-refractivity contribution in [3.05, 3.63) is 23.9 Å². The van der Waals surface area contributed by atoms with Gasteiger partial charge in [-0.05, 0) is 11.5 Å². The average molecular weight is 237 g/mol. The quantitative estimate of drug-likeness (QED) is 0.790. The third kappa shape index (κ3) is 4.03.